The van der Waals surface area contributed by atoms with E-state index in [2.05, 4.69) is 29.3 Å². The second-order valence-corrected chi connectivity index (χ2v) is 9.07. The van der Waals surface area contributed by atoms with E-state index in [1.807, 2.05) is 12.3 Å². The van der Waals surface area contributed by atoms with Crippen LogP contribution in [-0.2, 0) is 13.0 Å². The number of phenols is 1. The second-order valence-electron chi connectivity index (χ2n) is 8.66. The molecule has 1 aliphatic rings. The topological polar surface area (TPSA) is 66.8 Å². The summed E-state index contributed by atoms with van der Waals surface area (Å²) in [6, 6.07) is 5.15. The molecule has 3 N–H and O–H groups in total. The first-order chi connectivity index (χ1) is 14.5. The molecule has 0 amide bonds. The Morgan fingerprint density at radius 1 is 1.13 bits per heavy atom. The van der Waals surface area contributed by atoms with E-state index in [9.17, 15) is 5.11 Å². The number of hydrogen-bond acceptors (Lipinski definition) is 4. The van der Waals surface area contributed by atoms with Crippen LogP contribution >= 0.6 is 11.6 Å². The van der Waals surface area contributed by atoms with E-state index >= 15 is 0 Å². The van der Waals surface area contributed by atoms with Crippen LogP contribution in [0.25, 0.3) is 16.8 Å². The molecular weight excluding hydrogens is 396 g/mol. The van der Waals surface area contributed by atoms with Crippen LogP contribution in [0.4, 0.5) is 5.82 Å². The van der Waals surface area contributed by atoms with Gasteiger partial charge in [-0.15, -0.1) is 0 Å². The highest BCUT2D eigenvalue weighted by Gasteiger charge is 2.22. The summed E-state index contributed by atoms with van der Waals surface area (Å²) in [5.74, 6) is 1.89. The van der Waals surface area contributed by atoms with Crippen LogP contribution in [0.5, 0.6) is 5.75 Å². The van der Waals surface area contributed by atoms with Gasteiger partial charge in [0.25, 0.3) is 0 Å². The van der Waals surface area contributed by atoms with Crippen molar-refractivity contribution >= 4 is 23.1 Å². The number of rotatable bonds is 6. The average molecular weight is 427 g/mol. The van der Waals surface area contributed by atoms with E-state index in [1.54, 1.807) is 12.1 Å². The Bertz CT molecular complexity index is 1040. The van der Waals surface area contributed by atoms with Gasteiger partial charge < -0.3 is 15.7 Å². The van der Waals surface area contributed by atoms with Gasteiger partial charge in [-0.25, -0.2) is 4.98 Å². The zero-order valence-corrected chi connectivity index (χ0v) is 18.6. The van der Waals surface area contributed by atoms with E-state index in [-0.39, 0.29) is 5.75 Å². The highest BCUT2D eigenvalue weighted by Crippen LogP contribution is 2.37. The molecule has 6 heteroatoms. The van der Waals surface area contributed by atoms with Crippen molar-refractivity contribution in [3.05, 3.63) is 46.7 Å². The van der Waals surface area contributed by atoms with Crippen LogP contribution in [0.15, 0.2) is 30.6 Å². The summed E-state index contributed by atoms with van der Waals surface area (Å²) in [7, 11) is 0. The molecule has 1 aromatic carbocycles. The summed E-state index contributed by atoms with van der Waals surface area (Å²) in [6.07, 6.45) is 9.84. The molecule has 0 atom stereocenters. The van der Waals surface area contributed by atoms with Crippen LogP contribution in [0.3, 0.4) is 0 Å². The number of phenolic OH excluding ortho intramolecular Hbond substituents is 1. The van der Waals surface area contributed by atoms with Gasteiger partial charge >= 0.3 is 0 Å². The molecule has 1 fully saturated rings. The smallest absolute Gasteiger partial charge is 0.141 e. The highest BCUT2D eigenvalue weighted by molar-refractivity contribution is 6.33. The summed E-state index contributed by atoms with van der Waals surface area (Å²) >= 11 is 6.55. The molecule has 0 bridgehead atoms. The van der Waals surface area contributed by atoms with Crippen LogP contribution in [0.2, 0.25) is 5.02 Å². The molecule has 3 aromatic rings. The molecule has 1 saturated heterocycles. The SMILES string of the molecule is CC(C)CCc1c(CN)c(-c2ccc(O)cc2Cl)cn2c(N3CCCCC3)cnc12. The van der Waals surface area contributed by atoms with Crippen molar-refractivity contribution in [1.29, 1.82) is 0 Å². The molecule has 30 heavy (non-hydrogen) atoms. The molecule has 0 unspecified atom stereocenters. The molecule has 5 nitrogen and oxygen atoms in total. The number of aromatic hydroxyl groups is 1. The van der Waals surface area contributed by atoms with Crippen molar-refractivity contribution in [2.45, 2.75) is 52.5 Å². The average Bonchev–Trinajstić information content (AvgIpc) is 3.15. The predicted octanol–water partition coefficient (Wildman–Crippen LogP) is 5.40. The lowest BCUT2D eigenvalue weighted by Gasteiger charge is -2.28. The first-order valence-electron chi connectivity index (χ1n) is 10.9. The predicted molar refractivity (Wildman–Crippen MR) is 124 cm³/mol. The Kier molecular flexibility index (Phi) is 6.21. The van der Waals surface area contributed by atoms with E-state index in [1.165, 1.54) is 24.8 Å². The molecule has 2 aromatic heterocycles. The minimum absolute atomic E-state index is 0.163. The van der Waals surface area contributed by atoms with Crippen molar-refractivity contribution in [3.8, 4) is 16.9 Å². The lowest BCUT2D eigenvalue weighted by Crippen LogP contribution is -2.30. The summed E-state index contributed by atoms with van der Waals surface area (Å²) in [5.41, 5.74) is 11.5. The number of benzene rings is 1. The van der Waals surface area contributed by atoms with Crippen molar-refractivity contribution in [2.24, 2.45) is 11.7 Å². The molecule has 1 aliphatic heterocycles. The third-order valence-electron chi connectivity index (χ3n) is 6.09. The molecule has 0 radical (unpaired) electrons. The number of fused-ring (bicyclic) bond motifs is 1. The second kappa shape index (κ2) is 8.86. The number of piperidine rings is 1. The lowest BCUT2D eigenvalue weighted by atomic mass is 9.93. The number of halogens is 1. The quantitative estimate of drug-likeness (QED) is 0.553. The maximum Gasteiger partial charge on any atom is 0.141 e. The summed E-state index contributed by atoms with van der Waals surface area (Å²) in [4.78, 5) is 7.28. The Labute approximate surface area is 183 Å². The summed E-state index contributed by atoms with van der Waals surface area (Å²) < 4.78 is 2.22. The third-order valence-corrected chi connectivity index (χ3v) is 6.41. The van der Waals surface area contributed by atoms with Crippen LogP contribution in [0, 0.1) is 5.92 Å². The van der Waals surface area contributed by atoms with Crippen molar-refractivity contribution in [1.82, 2.24) is 9.38 Å². The van der Waals surface area contributed by atoms with Gasteiger partial charge in [0.2, 0.25) is 0 Å². The molecule has 3 heterocycles. The molecule has 160 valence electrons. The number of hydrogen-bond donors (Lipinski definition) is 2. The van der Waals surface area contributed by atoms with Gasteiger partial charge in [0.15, 0.2) is 0 Å². The number of anilines is 1. The van der Waals surface area contributed by atoms with Gasteiger partial charge in [0.1, 0.15) is 17.2 Å². The summed E-state index contributed by atoms with van der Waals surface area (Å²) in [5, 5.41) is 10.4. The number of nitrogens with zero attached hydrogens (tertiary/aromatic N) is 3. The maximum atomic E-state index is 9.83. The number of pyridine rings is 1. The highest BCUT2D eigenvalue weighted by atomic mass is 35.5. The van der Waals surface area contributed by atoms with Crippen molar-refractivity contribution in [3.63, 3.8) is 0 Å². The lowest BCUT2D eigenvalue weighted by molar-refractivity contribution is 0.475. The Balaban J connectivity index is 1.94. The van der Waals surface area contributed by atoms with Gasteiger partial charge in [-0.3, -0.25) is 4.40 Å². The van der Waals surface area contributed by atoms with Crippen molar-refractivity contribution in [2.75, 3.05) is 18.0 Å². The third kappa shape index (κ3) is 4.01. The number of aryl methyl sites for hydroxylation is 1. The fourth-order valence-corrected chi connectivity index (χ4v) is 4.72. The van der Waals surface area contributed by atoms with Crippen LogP contribution in [-0.4, -0.2) is 27.6 Å². The molecule has 0 saturated carbocycles. The van der Waals surface area contributed by atoms with E-state index in [4.69, 9.17) is 22.3 Å². The van der Waals surface area contributed by atoms with Gasteiger partial charge in [0.05, 0.1) is 11.2 Å². The maximum absolute atomic E-state index is 9.83. The largest absolute Gasteiger partial charge is 0.508 e. The fraction of sp³-hybridized carbons (Fsp3) is 0.458. The number of imidazole rings is 1. The summed E-state index contributed by atoms with van der Waals surface area (Å²) in [6.45, 7) is 7.02. The standard InChI is InChI=1S/C24H31ClN4O/c1-16(2)6-8-19-20(13-26)21(18-9-7-17(30)12-22(18)25)15-29-23(14-27-24(19)29)28-10-4-3-5-11-28/h7,9,12,14-16,30H,3-6,8,10-11,13,26H2,1-2H3. The van der Waals surface area contributed by atoms with E-state index in [0.29, 0.717) is 17.5 Å². The van der Waals surface area contributed by atoms with E-state index < -0.39 is 0 Å². The number of aromatic nitrogens is 2. The normalized spacial score (nSPS) is 14.8. The van der Waals surface area contributed by atoms with Gasteiger partial charge in [-0.2, -0.15) is 0 Å². The molecule has 0 aliphatic carbocycles. The minimum Gasteiger partial charge on any atom is -0.508 e. The Morgan fingerprint density at radius 3 is 2.57 bits per heavy atom. The van der Waals surface area contributed by atoms with Gasteiger partial charge in [0, 0.05) is 42.5 Å². The molecule has 0 spiro atoms. The molecule has 4 rings (SSSR count). The van der Waals surface area contributed by atoms with E-state index in [0.717, 1.165) is 54.1 Å². The Hall–Kier alpha value is -2.24. The van der Waals surface area contributed by atoms with Gasteiger partial charge in [-0.05, 0) is 61.8 Å². The monoisotopic (exact) mass is 426 g/mol. The van der Waals surface area contributed by atoms with Crippen molar-refractivity contribution < 1.29 is 5.11 Å². The first-order valence-corrected chi connectivity index (χ1v) is 11.3. The Morgan fingerprint density at radius 2 is 1.90 bits per heavy atom. The zero-order valence-electron chi connectivity index (χ0n) is 17.9. The van der Waals surface area contributed by atoms with Gasteiger partial charge in [-0.1, -0.05) is 25.4 Å². The fourth-order valence-electron chi connectivity index (χ4n) is 4.45. The van der Waals surface area contributed by atoms with Crippen LogP contribution < -0.4 is 10.6 Å². The first kappa shape index (κ1) is 21.0. The van der Waals surface area contributed by atoms with Crippen LogP contribution in [0.1, 0.15) is 50.7 Å². The minimum atomic E-state index is 0.163. The number of nitrogens with two attached hydrogens (primary N) is 1. The molecular formula is C24H31ClN4O. The zero-order chi connectivity index (χ0) is 21.3.